The molecule has 1 aliphatic rings. The van der Waals surface area contributed by atoms with Crippen LogP contribution in [0, 0.1) is 5.92 Å². The van der Waals surface area contributed by atoms with Gasteiger partial charge in [-0.2, -0.15) is 0 Å². The molecule has 23 heavy (non-hydrogen) atoms. The van der Waals surface area contributed by atoms with Gasteiger partial charge in [0, 0.05) is 29.7 Å². The first-order chi connectivity index (χ1) is 11.3. The predicted molar refractivity (Wildman–Crippen MR) is 96.3 cm³/mol. The van der Waals surface area contributed by atoms with E-state index in [-0.39, 0.29) is 0 Å². The molecule has 2 nitrogen and oxygen atoms in total. The number of piperidine rings is 1. The van der Waals surface area contributed by atoms with Crippen molar-refractivity contribution in [3.05, 3.63) is 71.9 Å². The van der Waals surface area contributed by atoms with Gasteiger partial charge in [0.15, 0.2) is 0 Å². The number of hydrogen-bond donors (Lipinski definition) is 1. The van der Waals surface area contributed by atoms with Crippen molar-refractivity contribution in [1.82, 2.24) is 9.88 Å². The maximum atomic E-state index is 3.33. The number of hydrogen-bond acceptors (Lipinski definition) is 1. The minimum atomic E-state index is 0.536. The first-order valence-corrected chi connectivity index (χ1v) is 8.65. The van der Waals surface area contributed by atoms with Gasteiger partial charge >= 0.3 is 0 Å². The summed E-state index contributed by atoms with van der Waals surface area (Å²) in [5.74, 6) is 0.805. The van der Waals surface area contributed by atoms with E-state index in [0.29, 0.717) is 6.04 Å². The topological polar surface area (TPSA) is 19.0 Å². The Hall–Kier alpha value is -2.06. The molecule has 1 aromatic heterocycles. The highest BCUT2D eigenvalue weighted by molar-refractivity contribution is 5.82. The van der Waals surface area contributed by atoms with Crippen LogP contribution >= 0.6 is 0 Å². The molecule has 1 saturated heterocycles. The molecule has 1 N–H and O–H groups in total. The molecule has 1 aliphatic heterocycles. The molecule has 4 rings (SSSR count). The molecule has 1 fully saturated rings. The Labute approximate surface area is 138 Å². The summed E-state index contributed by atoms with van der Waals surface area (Å²) in [5, 5.41) is 1.36. The third-order valence-corrected chi connectivity index (χ3v) is 5.22. The largest absolute Gasteiger partial charge is 0.361 e. The highest BCUT2D eigenvalue weighted by Crippen LogP contribution is 2.35. The highest BCUT2D eigenvalue weighted by Gasteiger charge is 2.27. The van der Waals surface area contributed by atoms with Crippen LogP contribution in [0.2, 0.25) is 0 Å². The summed E-state index contributed by atoms with van der Waals surface area (Å²) in [6.07, 6.45) is 4.60. The van der Waals surface area contributed by atoms with Gasteiger partial charge < -0.3 is 4.98 Å². The van der Waals surface area contributed by atoms with Crippen molar-refractivity contribution in [1.29, 1.82) is 0 Å². The number of aromatic amines is 1. The number of rotatable bonds is 3. The Bertz CT molecular complexity index is 775. The molecular formula is C21H24N2. The summed E-state index contributed by atoms with van der Waals surface area (Å²) >= 11 is 0. The lowest BCUT2D eigenvalue weighted by molar-refractivity contribution is 0.111. The molecule has 2 heteroatoms. The van der Waals surface area contributed by atoms with Crippen molar-refractivity contribution in [3.63, 3.8) is 0 Å². The Morgan fingerprint density at radius 3 is 2.78 bits per heavy atom. The molecule has 0 amide bonds. The molecule has 118 valence electrons. The van der Waals surface area contributed by atoms with E-state index < -0.39 is 0 Å². The van der Waals surface area contributed by atoms with E-state index in [0.717, 1.165) is 12.5 Å². The lowest BCUT2D eigenvalue weighted by Gasteiger charge is -2.39. The maximum absolute atomic E-state index is 3.33. The fraction of sp³-hybridized carbons (Fsp3) is 0.333. The van der Waals surface area contributed by atoms with Crippen LogP contribution in [0.3, 0.4) is 0 Å². The number of H-pyrrole nitrogens is 1. The molecule has 0 aliphatic carbocycles. The van der Waals surface area contributed by atoms with Gasteiger partial charge in [0.05, 0.1) is 0 Å². The average molecular weight is 304 g/mol. The summed E-state index contributed by atoms with van der Waals surface area (Å²) in [5.41, 5.74) is 4.13. The normalized spacial score (nSPS) is 22.5. The lowest BCUT2D eigenvalue weighted by atomic mass is 9.88. The Balaban J connectivity index is 1.64. The second-order valence-corrected chi connectivity index (χ2v) is 6.88. The Morgan fingerprint density at radius 1 is 1.04 bits per heavy atom. The van der Waals surface area contributed by atoms with Crippen LogP contribution in [-0.2, 0) is 6.54 Å². The first-order valence-electron chi connectivity index (χ1n) is 8.65. The Morgan fingerprint density at radius 2 is 1.91 bits per heavy atom. The predicted octanol–water partition coefficient (Wildman–Crippen LogP) is 5.14. The van der Waals surface area contributed by atoms with Crippen molar-refractivity contribution in [2.45, 2.75) is 32.4 Å². The molecular weight excluding hydrogens is 280 g/mol. The van der Waals surface area contributed by atoms with Crippen molar-refractivity contribution < 1.29 is 0 Å². The van der Waals surface area contributed by atoms with E-state index in [1.54, 1.807) is 0 Å². The SMILES string of the molecule is CC1CCN(Cc2cccc3[nH]ccc23)C(c2ccccc2)C1. The number of aromatic nitrogens is 1. The van der Waals surface area contributed by atoms with E-state index in [1.165, 1.54) is 41.4 Å². The maximum Gasteiger partial charge on any atom is 0.0457 e. The second kappa shape index (κ2) is 6.21. The van der Waals surface area contributed by atoms with Crippen LogP contribution in [0.1, 0.15) is 36.9 Å². The van der Waals surface area contributed by atoms with Crippen LogP contribution in [-0.4, -0.2) is 16.4 Å². The van der Waals surface area contributed by atoms with Gasteiger partial charge in [-0.25, -0.2) is 0 Å². The van der Waals surface area contributed by atoms with E-state index in [1.807, 2.05) is 6.20 Å². The molecule has 2 unspecified atom stereocenters. The Kier molecular flexibility index (Phi) is 3.92. The number of benzene rings is 2. The monoisotopic (exact) mass is 304 g/mol. The number of nitrogens with zero attached hydrogens (tertiary/aromatic N) is 1. The minimum absolute atomic E-state index is 0.536. The van der Waals surface area contributed by atoms with Crippen molar-refractivity contribution >= 4 is 10.9 Å². The second-order valence-electron chi connectivity index (χ2n) is 6.88. The fourth-order valence-electron chi connectivity index (χ4n) is 3.91. The van der Waals surface area contributed by atoms with Crippen molar-refractivity contribution in [2.75, 3.05) is 6.54 Å². The zero-order valence-corrected chi connectivity index (χ0v) is 13.7. The van der Waals surface area contributed by atoms with Gasteiger partial charge in [-0.15, -0.1) is 0 Å². The molecule has 0 spiro atoms. The van der Waals surface area contributed by atoms with Gasteiger partial charge in [0.25, 0.3) is 0 Å². The zero-order valence-electron chi connectivity index (χ0n) is 13.7. The molecule has 0 saturated carbocycles. The summed E-state index contributed by atoms with van der Waals surface area (Å²) in [6.45, 7) is 4.60. The standard InChI is InChI=1S/C21H24N2/c1-16-11-13-23(21(14-16)17-6-3-2-4-7-17)15-18-8-5-9-20-19(18)10-12-22-20/h2-10,12,16,21-22H,11,13-15H2,1H3. The summed E-state index contributed by atoms with van der Waals surface area (Å²) in [7, 11) is 0. The smallest absolute Gasteiger partial charge is 0.0457 e. The van der Waals surface area contributed by atoms with Gasteiger partial charge in [0.1, 0.15) is 0 Å². The molecule has 2 atom stereocenters. The van der Waals surface area contributed by atoms with Gasteiger partial charge in [-0.3, -0.25) is 4.90 Å². The van der Waals surface area contributed by atoms with Gasteiger partial charge in [-0.05, 0) is 48.6 Å². The van der Waals surface area contributed by atoms with E-state index >= 15 is 0 Å². The van der Waals surface area contributed by atoms with Crippen LogP contribution < -0.4 is 0 Å². The average Bonchev–Trinajstić information content (AvgIpc) is 3.07. The van der Waals surface area contributed by atoms with Gasteiger partial charge in [0.2, 0.25) is 0 Å². The van der Waals surface area contributed by atoms with Crippen LogP contribution in [0.4, 0.5) is 0 Å². The third kappa shape index (κ3) is 2.91. The quantitative estimate of drug-likeness (QED) is 0.709. The van der Waals surface area contributed by atoms with Crippen LogP contribution in [0.5, 0.6) is 0 Å². The van der Waals surface area contributed by atoms with Gasteiger partial charge in [-0.1, -0.05) is 49.4 Å². The molecule has 0 bridgehead atoms. The number of fused-ring (bicyclic) bond motifs is 1. The fourth-order valence-corrected chi connectivity index (χ4v) is 3.91. The summed E-state index contributed by atoms with van der Waals surface area (Å²) in [6, 6.07) is 20.3. The van der Waals surface area contributed by atoms with Crippen molar-refractivity contribution in [3.8, 4) is 0 Å². The summed E-state index contributed by atoms with van der Waals surface area (Å²) < 4.78 is 0. The van der Waals surface area contributed by atoms with Crippen LogP contribution in [0.25, 0.3) is 10.9 Å². The van der Waals surface area contributed by atoms with E-state index in [9.17, 15) is 0 Å². The molecule has 0 radical (unpaired) electrons. The number of likely N-dealkylation sites (tertiary alicyclic amines) is 1. The number of nitrogens with one attached hydrogen (secondary N) is 1. The van der Waals surface area contributed by atoms with E-state index in [2.05, 4.69) is 71.4 Å². The molecule has 2 aromatic carbocycles. The third-order valence-electron chi connectivity index (χ3n) is 5.22. The molecule has 3 aromatic rings. The molecule has 2 heterocycles. The summed E-state index contributed by atoms with van der Waals surface area (Å²) in [4.78, 5) is 5.99. The lowest BCUT2D eigenvalue weighted by Crippen LogP contribution is -2.35. The van der Waals surface area contributed by atoms with Crippen molar-refractivity contribution in [2.24, 2.45) is 5.92 Å². The van der Waals surface area contributed by atoms with E-state index in [4.69, 9.17) is 0 Å². The van der Waals surface area contributed by atoms with Crippen LogP contribution in [0.15, 0.2) is 60.8 Å². The highest BCUT2D eigenvalue weighted by atomic mass is 15.2. The zero-order chi connectivity index (χ0) is 15.6. The first kappa shape index (κ1) is 14.5. The minimum Gasteiger partial charge on any atom is -0.361 e.